The number of fused-ring (bicyclic) bond motifs is 1. The van der Waals surface area contributed by atoms with Gasteiger partial charge in [-0.3, -0.25) is 14.5 Å². The van der Waals surface area contributed by atoms with Crippen LogP contribution in [0.1, 0.15) is 16.8 Å². The maximum atomic E-state index is 11.8. The van der Waals surface area contributed by atoms with Crippen molar-refractivity contribution in [3.8, 4) is 0 Å². The fourth-order valence-corrected chi connectivity index (χ4v) is 2.19. The Balaban J connectivity index is 1.92. The second-order valence-electron chi connectivity index (χ2n) is 4.31. The van der Waals surface area contributed by atoms with Crippen LogP contribution in [0.3, 0.4) is 0 Å². The highest BCUT2D eigenvalue weighted by Crippen LogP contribution is 2.48. The quantitative estimate of drug-likeness (QED) is 0.767. The fraction of sp³-hybridized carbons (Fsp3) is 0.250. The number of amides is 2. The molecule has 1 aliphatic heterocycles. The molecule has 2 aliphatic rings. The molecule has 2 amide bonds. The number of carbonyl (C=O) groups is 3. The first-order chi connectivity index (χ1) is 8.09. The molecule has 1 saturated heterocycles. The molecule has 5 heteroatoms. The number of benzene rings is 1. The zero-order valence-electron chi connectivity index (χ0n) is 8.79. The summed E-state index contributed by atoms with van der Waals surface area (Å²) in [5, 5.41) is 8.75. The minimum absolute atomic E-state index is 0.137. The van der Waals surface area contributed by atoms with E-state index in [9.17, 15) is 14.4 Å². The first-order valence-electron chi connectivity index (χ1n) is 5.31. The van der Waals surface area contributed by atoms with Gasteiger partial charge in [0.2, 0.25) is 11.8 Å². The zero-order valence-corrected chi connectivity index (χ0v) is 8.79. The first-order valence-corrected chi connectivity index (χ1v) is 5.31. The van der Waals surface area contributed by atoms with Gasteiger partial charge in [0.15, 0.2) is 0 Å². The number of rotatable bonds is 2. The summed E-state index contributed by atoms with van der Waals surface area (Å²) in [6.45, 7) is 0. The van der Waals surface area contributed by atoms with Crippen LogP contribution < -0.4 is 4.90 Å². The summed E-state index contributed by atoms with van der Waals surface area (Å²) in [6, 6.07) is 5.76. The minimum atomic E-state index is -1.03. The number of carbonyl (C=O) groups excluding carboxylic acids is 2. The summed E-state index contributed by atoms with van der Waals surface area (Å²) in [5.74, 6) is -1.63. The molecular weight excluding hydrogens is 222 g/mol. The van der Waals surface area contributed by atoms with Crippen molar-refractivity contribution < 1.29 is 19.5 Å². The van der Waals surface area contributed by atoms with Crippen LogP contribution in [-0.2, 0) is 9.59 Å². The van der Waals surface area contributed by atoms with E-state index in [1.54, 1.807) is 0 Å². The van der Waals surface area contributed by atoms with Crippen molar-refractivity contribution in [1.29, 1.82) is 0 Å². The van der Waals surface area contributed by atoms with E-state index in [0.29, 0.717) is 12.1 Å². The average molecular weight is 231 g/mol. The Bertz CT molecular complexity index is 514. The number of carboxylic acids is 1. The highest BCUT2D eigenvalue weighted by atomic mass is 16.4. The topological polar surface area (TPSA) is 74.7 Å². The lowest BCUT2D eigenvalue weighted by Crippen LogP contribution is -2.32. The molecule has 1 aromatic rings. The number of imide groups is 1. The first kappa shape index (κ1) is 10.0. The van der Waals surface area contributed by atoms with Crippen LogP contribution in [0.25, 0.3) is 0 Å². The van der Waals surface area contributed by atoms with Crippen molar-refractivity contribution in [3.63, 3.8) is 0 Å². The standard InChI is InChI=1S/C12H9NO4/c14-10-8-5-9(8)11(15)13(10)7-3-1-6(2-4-7)12(16)17/h1-4,8-9H,5H2,(H,16,17). The predicted octanol–water partition coefficient (Wildman–Crippen LogP) is 0.894. The van der Waals surface area contributed by atoms with E-state index in [1.807, 2.05) is 0 Å². The maximum absolute atomic E-state index is 11.8. The minimum Gasteiger partial charge on any atom is -0.478 e. The second kappa shape index (κ2) is 3.16. The Hall–Kier alpha value is -2.17. The molecule has 0 radical (unpaired) electrons. The third-order valence-corrected chi connectivity index (χ3v) is 3.24. The van der Waals surface area contributed by atoms with Crippen LogP contribution in [0, 0.1) is 11.8 Å². The van der Waals surface area contributed by atoms with Crippen molar-refractivity contribution in [2.45, 2.75) is 6.42 Å². The number of hydrogen-bond acceptors (Lipinski definition) is 3. The molecular formula is C12H9NO4. The molecule has 1 saturated carbocycles. The molecule has 1 aromatic carbocycles. The van der Waals surface area contributed by atoms with Crippen molar-refractivity contribution >= 4 is 23.5 Å². The molecule has 0 aromatic heterocycles. The van der Waals surface area contributed by atoms with Gasteiger partial charge in [-0.05, 0) is 30.7 Å². The third-order valence-electron chi connectivity index (χ3n) is 3.24. The van der Waals surface area contributed by atoms with Gasteiger partial charge in [0.25, 0.3) is 0 Å². The molecule has 1 N–H and O–H groups in total. The number of carboxylic acid groups (broad SMARTS) is 1. The Labute approximate surface area is 96.6 Å². The lowest BCUT2D eigenvalue weighted by atomic mass is 10.2. The third kappa shape index (κ3) is 1.35. The number of hydrogen-bond donors (Lipinski definition) is 1. The van der Waals surface area contributed by atoms with Gasteiger partial charge in [-0.15, -0.1) is 0 Å². The van der Waals surface area contributed by atoms with Gasteiger partial charge in [-0.1, -0.05) is 0 Å². The maximum Gasteiger partial charge on any atom is 0.335 e. The van der Waals surface area contributed by atoms with Gasteiger partial charge in [0.1, 0.15) is 0 Å². The van der Waals surface area contributed by atoms with E-state index >= 15 is 0 Å². The van der Waals surface area contributed by atoms with Gasteiger partial charge in [0, 0.05) is 0 Å². The van der Waals surface area contributed by atoms with Gasteiger partial charge in [-0.2, -0.15) is 0 Å². The van der Waals surface area contributed by atoms with Crippen LogP contribution in [0.5, 0.6) is 0 Å². The smallest absolute Gasteiger partial charge is 0.335 e. The molecule has 3 rings (SSSR count). The lowest BCUT2D eigenvalue weighted by Gasteiger charge is -2.16. The molecule has 2 unspecified atom stereocenters. The normalized spacial score (nSPS) is 26.0. The highest BCUT2D eigenvalue weighted by molar-refractivity contribution is 6.24. The summed E-state index contributed by atoms with van der Waals surface area (Å²) in [5.41, 5.74) is 0.593. The Morgan fingerprint density at radius 3 is 2.12 bits per heavy atom. The van der Waals surface area contributed by atoms with E-state index < -0.39 is 5.97 Å². The van der Waals surface area contributed by atoms with Gasteiger partial charge < -0.3 is 5.11 Å². The van der Waals surface area contributed by atoms with E-state index in [-0.39, 0.29) is 29.2 Å². The Kier molecular flexibility index (Phi) is 1.86. The Morgan fingerprint density at radius 1 is 1.12 bits per heavy atom. The molecule has 0 spiro atoms. The van der Waals surface area contributed by atoms with Gasteiger partial charge >= 0.3 is 5.97 Å². The van der Waals surface area contributed by atoms with Gasteiger partial charge in [0.05, 0.1) is 23.1 Å². The van der Waals surface area contributed by atoms with Crippen LogP contribution >= 0.6 is 0 Å². The van der Waals surface area contributed by atoms with Crippen molar-refractivity contribution in [1.82, 2.24) is 0 Å². The van der Waals surface area contributed by atoms with Crippen molar-refractivity contribution in [2.75, 3.05) is 4.90 Å². The summed E-state index contributed by atoms with van der Waals surface area (Å²) in [7, 11) is 0. The fourth-order valence-electron chi connectivity index (χ4n) is 2.19. The molecule has 0 bridgehead atoms. The van der Waals surface area contributed by atoms with Crippen LogP contribution in [-0.4, -0.2) is 22.9 Å². The van der Waals surface area contributed by atoms with E-state index in [0.717, 1.165) is 4.90 Å². The molecule has 5 nitrogen and oxygen atoms in total. The van der Waals surface area contributed by atoms with Crippen LogP contribution in [0.15, 0.2) is 24.3 Å². The number of piperidine rings is 1. The second-order valence-corrected chi connectivity index (χ2v) is 4.31. The molecule has 86 valence electrons. The number of aromatic carboxylic acids is 1. The zero-order chi connectivity index (χ0) is 12.2. The SMILES string of the molecule is O=C(O)c1ccc(N2C(=O)C3CC3C2=O)cc1. The van der Waals surface area contributed by atoms with E-state index in [1.165, 1.54) is 24.3 Å². The molecule has 2 atom stereocenters. The van der Waals surface area contributed by atoms with Crippen LogP contribution in [0.4, 0.5) is 5.69 Å². The monoisotopic (exact) mass is 231 g/mol. The van der Waals surface area contributed by atoms with Crippen molar-refractivity contribution in [2.24, 2.45) is 11.8 Å². The molecule has 1 heterocycles. The summed E-state index contributed by atoms with van der Waals surface area (Å²) in [6.07, 6.45) is 0.668. The number of anilines is 1. The summed E-state index contributed by atoms with van der Waals surface area (Å²) < 4.78 is 0. The molecule has 17 heavy (non-hydrogen) atoms. The molecule has 2 fully saturated rings. The number of nitrogens with zero attached hydrogens (tertiary/aromatic N) is 1. The molecule has 1 aliphatic carbocycles. The largest absolute Gasteiger partial charge is 0.478 e. The van der Waals surface area contributed by atoms with Crippen molar-refractivity contribution in [3.05, 3.63) is 29.8 Å². The van der Waals surface area contributed by atoms with Gasteiger partial charge in [-0.25, -0.2) is 4.79 Å². The average Bonchev–Trinajstić information content (AvgIpc) is 3.05. The van der Waals surface area contributed by atoms with Crippen LogP contribution in [0.2, 0.25) is 0 Å². The summed E-state index contributed by atoms with van der Waals surface area (Å²) in [4.78, 5) is 35.4. The lowest BCUT2D eigenvalue weighted by molar-refractivity contribution is -0.123. The van der Waals surface area contributed by atoms with E-state index in [4.69, 9.17) is 5.11 Å². The predicted molar refractivity (Wildman–Crippen MR) is 57.5 cm³/mol. The van der Waals surface area contributed by atoms with E-state index in [2.05, 4.69) is 0 Å². The summed E-state index contributed by atoms with van der Waals surface area (Å²) >= 11 is 0. The highest BCUT2D eigenvalue weighted by Gasteiger charge is 2.59. The Morgan fingerprint density at radius 2 is 1.65 bits per heavy atom.